The Bertz CT molecular complexity index is 834. The van der Waals surface area contributed by atoms with Crippen molar-refractivity contribution in [3.63, 3.8) is 0 Å². The van der Waals surface area contributed by atoms with Crippen LogP contribution in [0.5, 0.6) is 0 Å². The van der Waals surface area contributed by atoms with Gasteiger partial charge in [-0.05, 0) is 42.8 Å². The molecular formula is C15H9FN4O. The fraction of sp³-hybridized carbons (Fsp3) is 0.0667. The topological polar surface area (TPSA) is 75.6 Å². The van der Waals surface area contributed by atoms with E-state index in [0.717, 1.165) is 17.3 Å². The molecule has 0 atom stereocenters. The number of aromatic nitrogens is 3. The summed E-state index contributed by atoms with van der Waals surface area (Å²) in [6, 6.07) is 10.0. The van der Waals surface area contributed by atoms with Gasteiger partial charge in [0.25, 0.3) is 5.89 Å². The van der Waals surface area contributed by atoms with Gasteiger partial charge in [-0.2, -0.15) is 10.2 Å². The fourth-order valence-electron chi connectivity index (χ4n) is 1.92. The summed E-state index contributed by atoms with van der Waals surface area (Å²) in [5.74, 6) is 0.192. The molecule has 3 rings (SSSR count). The van der Waals surface area contributed by atoms with Gasteiger partial charge in [0.15, 0.2) is 0 Å². The number of benzene rings is 1. The Morgan fingerprint density at radius 2 is 2.10 bits per heavy atom. The third-order valence-corrected chi connectivity index (χ3v) is 2.97. The maximum atomic E-state index is 12.8. The Balaban J connectivity index is 1.99. The molecule has 0 N–H and O–H groups in total. The SMILES string of the molecule is Cc1cc(C#N)ccc1-c1nc(-c2ccc(F)cn2)no1. The van der Waals surface area contributed by atoms with Crippen LogP contribution in [0.2, 0.25) is 0 Å². The van der Waals surface area contributed by atoms with Gasteiger partial charge in [0.2, 0.25) is 5.82 Å². The van der Waals surface area contributed by atoms with Crippen LogP contribution in [0.3, 0.4) is 0 Å². The molecule has 0 bridgehead atoms. The summed E-state index contributed by atoms with van der Waals surface area (Å²) in [6.07, 6.45) is 1.10. The van der Waals surface area contributed by atoms with Gasteiger partial charge in [-0.25, -0.2) is 9.37 Å². The molecule has 0 saturated heterocycles. The second-order valence-electron chi connectivity index (χ2n) is 4.43. The van der Waals surface area contributed by atoms with Crippen molar-refractivity contribution >= 4 is 0 Å². The quantitative estimate of drug-likeness (QED) is 0.720. The van der Waals surface area contributed by atoms with E-state index >= 15 is 0 Å². The number of aryl methyl sites for hydroxylation is 1. The highest BCUT2D eigenvalue weighted by Gasteiger charge is 2.13. The van der Waals surface area contributed by atoms with E-state index in [1.165, 1.54) is 12.1 Å². The molecular weight excluding hydrogens is 271 g/mol. The fourth-order valence-corrected chi connectivity index (χ4v) is 1.92. The number of rotatable bonds is 2. The normalized spacial score (nSPS) is 10.3. The van der Waals surface area contributed by atoms with E-state index < -0.39 is 5.82 Å². The molecule has 2 heterocycles. The lowest BCUT2D eigenvalue weighted by Crippen LogP contribution is -1.88. The van der Waals surface area contributed by atoms with Crippen LogP contribution in [0.15, 0.2) is 41.1 Å². The molecule has 0 saturated carbocycles. The molecule has 0 aliphatic carbocycles. The number of hydrogen-bond acceptors (Lipinski definition) is 5. The summed E-state index contributed by atoms with van der Waals surface area (Å²) in [7, 11) is 0. The van der Waals surface area contributed by atoms with Crippen LogP contribution in [0.1, 0.15) is 11.1 Å². The van der Waals surface area contributed by atoms with Crippen LogP contribution >= 0.6 is 0 Å². The Kier molecular flexibility index (Phi) is 3.16. The minimum absolute atomic E-state index is 0.286. The van der Waals surface area contributed by atoms with Crippen molar-refractivity contribution in [1.29, 1.82) is 5.26 Å². The summed E-state index contributed by atoms with van der Waals surface area (Å²) < 4.78 is 18.1. The largest absolute Gasteiger partial charge is 0.334 e. The van der Waals surface area contributed by atoms with Gasteiger partial charge in [0.05, 0.1) is 17.8 Å². The monoisotopic (exact) mass is 280 g/mol. The molecule has 2 aromatic heterocycles. The average Bonchev–Trinajstić information content (AvgIpc) is 2.97. The van der Waals surface area contributed by atoms with Gasteiger partial charge in [0.1, 0.15) is 11.5 Å². The van der Waals surface area contributed by atoms with Crippen LogP contribution in [0, 0.1) is 24.1 Å². The van der Waals surface area contributed by atoms with Crippen molar-refractivity contribution in [1.82, 2.24) is 15.1 Å². The Labute approximate surface area is 119 Å². The number of halogens is 1. The molecule has 0 amide bonds. The van der Waals surface area contributed by atoms with E-state index in [1.807, 2.05) is 6.92 Å². The summed E-state index contributed by atoms with van der Waals surface area (Å²) in [5.41, 5.74) is 2.60. The highest BCUT2D eigenvalue weighted by Crippen LogP contribution is 2.24. The minimum Gasteiger partial charge on any atom is -0.334 e. The first-order valence-electron chi connectivity index (χ1n) is 6.14. The van der Waals surface area contributed by atoms with Crippen molar-refractivity contribution in [3.05, 3.63) is 53.5 Å². The molecule has 0 fully saturated rings. The molecule has 5 nitrogen and oxygen atoms in total. The van der Waals surface area contributed by atoms with Crippen molar-refractivity contribution in [2.24, 2.45) is 0 Å². The molecule has 6 heteroatoms. The third kappa shape index (κ3) is 2.49. The first kappa shape index (κ1) is 12.9. The first-order chi connectivity index (χ1) is 10.2. The van der Waals surface area contributed by atoms with Crippen LogP contribution in [-0.4, -0.2) is 15.1 Å². The van der Waals surface area contributed by atoms with Crippen LogP contribution in [0.4, 0.5) is 4.39 Å². The number of nitrogens with zero attached hydrogens (tertiary/aromatic N) is 4. The zero-order valence-electron chi connectivity index (χ0n) is 11.0. The standard InChI is InChI=1S/C15H9FN4O/c1-9-6-10(7-17)2-4-12(9)15-19-14(20-21-15)13-5-3-11(16)8-18-13/h2-6,8H,1H3. The maximum Gasteiger partial charge on any atom is 0.258 e. The van der Waals surface area contributed by atoms with Gasteiger partial charge in [-0.3, -0.25) is 0 Å². The summed E-state index contributed by atoms with van der Waals surface area (Å²) >= 11 is 0. The molecule has 3 aromatic rings. The minimum atomic E-state index is -0.426. The van der Waals surface area contributed by atoms with E-state index in [1.54, 1.807) is 18.2 Å². The van der Waals surface area contributed by atoms with Crippen LogP contribution < -0.4 is 0 Å². The second kappa shape index (κ2) is 5.13. The van der Waals surface area contributed by atoms with Crippen molar-refractivity contribution in [2.45, 2.75) is 6.92 Å². The van der Waals surface area contributed by atoms with Crippen LogP contribution in [0.25, 0.3) is 23.0 Å². The summed E-state index contributed by atoms with van der Waals surface area (Å²) in [5, 5.41) is 12.7. The Hall–Kier alpha value is -3.07. The molecule has 0 radical (unpaired) electrons. The highest BCUT2D eigenvalue weighted by molar-refractivity contribution is 5.62. The van der Waals surface area contributed by atoms with E-state index in [4.69, 9.17) is 9.78 Å². The Morgan fingerprint density at radius 1 is 1.24 bits per heavy atom. The second-order valence-corrected chi connectivity index (χ2v) is 4.43. The smallest absolute Gasteiger partial charge is 0.258 e. The molecule has 1 aromatic carbocycles. The Morgan fingerprint density at radius 3 is 2.76 bits per heavy atom. The zero-order valence-corrected chi connectivity index (χ0v) is 11.0. The van der Waals surface area contributed by atoms with Gasteiger partial charge >= 0.3 is 0 Å². The maximum absolute atomic E-state index is 12.8. The lowest BCUT2D eigenvalue weighted by Gasteiger charge is -2.00. The van der Waals surface area contributed by atoms with E-state index in [-0.39, 0.29) is 5.82 Å². The molecule has 0 aliphatic rings. The average molecular weight is 280 g/mol. The van der Waals surface area contributed by atoms with Gasteiger partial charge in [-0.1, -0.05) is 5.16 Å². The van der Waals surface area contributed by atoms with E-state index in [0.29, 0.717) is 17.1 Å². The predicted octanol–water partition coefficient (Wildman–Crippen LogP) is 3.12. The third-order valence-electron chi connectivity index (χ3n) is 2.97. The molecule has 0 spiro atoms. The number of hydrogen-bond donors (Lipinski definition) is 0. The zero-order chi connectivity index (χ0) is 14.8. The van der Waals surface area contributed by atoms with Crippen molar-refractivity contribution in [2.75, 3.05) is 0 Å². The number of nitriles is 1. The van der Waals surface area contributed by atoms with E-state index in [9.17, 15) is 4.39 Å². The van der Waals surface area contributed by atoms with Gasteiger partial charge in [-0.15, -0.1) is 0 Å². The summed E-state index contributed by atoms with van der Waals surface area (Å²) in [4.78, 5) is 8.15. The van der Waals surface area contributed by atoms with Crippen molar-refractivity contribution < 1.29 is 8.91 Å². The lowest BCUT2D eigenvalue weighted by molar-refractivity contribution is 0.432. The predicted molar refractivity (Wildman–Crippen MR) is 72.4 cm³/mol. The summed E-state index contributed by atoms with van der Waals surface area (Å²) in [6.45, 7) is 1.86. The van der Waals surface area contributed by atoms with Crippen LogP contribution in [-0.2, 0) is 0 Å². The highest BCUT2D eigenvalue weighted by atomic mass is 19.1. The first-order valence-corrected chi connectivity index (χ1v) is 6.14. The molecule has 21 heavy (non-hydrogen) atoms. The molecule has 0 aliphatic heterocycles. The van der Waals surface area contributed by atoms with E-state index in [2.05, 4.69) is 21.2 Å². The van der Waals surface area contributed by atoms with Crippen molar-refractivity contribution in [3.8, 4) is 29.0 Å². The van der Waals surface area contributed by atoms with Gasteiger partial charge in [0, 0.05) is 5.56 Å². The number of pyridine rings is 1. The lowest BCUT2D eigenvalue weighted by atomic mass is 10.1. The molecule has 0 unspecified atom stereocenters. The molecule has 102 valence electrons. The van der Waals surface area contributed by atoms with Gasteiger partial charge < -0.3 is 4.52 Å².